The Bertz CT molecular complexity index is 1150. The number of benzene rings is 2. The number of aliphatic hydroxyl groups is 3. The monoisotopic (exact) mass is 473 g/mol. The summed E-state index contributed by atoms with van der Waals surface area (Å²) in [6.45, 7) is 0.978. The largest absolute Gasteiger partial charge is 0.387 e. The summed E-state index contributed by atoms with van der Waals surface area (Å²) >= 11 is 0. The van der Waals surface area contributed by atoms with Gasteiger partial charge in [-0.2, -0.15) is 0 Å². The Morgan fingerprint density at radius 2 is 1.82 bits per heavy atom. The van der Waals surface area contributed by atoms with Gasteiger partial charge in [0.15, 0.2) is 15.3 Å². The standard InChI is InChI=1S/C25H31NO6S/c1-33(30,31)25-23(29)21(27)22(28)24(32-25)17-8-9-19(15-6-7-15)18(13-17)11-14-4-5-16-3-2-10-26-20(16)12-14/h4-5,8-9,12-13,15,21-29H,2-3,6-7,10-11H2,1H3/t21-,22-,23+,24+,25-/m1/s1. The Morgan fingerprint density at radius 1 is 1.03 bits per heavy atom. The fourth-order valence-electron chi connectivity index (χ4n) is 5.06. The molecule has 5 atom stereocenters. The van der Waals surface area contributed by atoms with Gasteiger partial charge in [0.1, 0.15) is 24.4 Å². The van der Waals surface area contributed by atoms with Crippen LogP contribution in [0.2, 0.25) is 0 Å². The first kappa shape index (κ1) is 22.8. The first-order valence-electron chi connectivity index (χ1n) is 11.6. The number of nitrogens with one attached hydrogen (secondary N) is 1. The van der Waals surface area contributed by atoms with Gasteiger partial charge in [0, 0.05) is 18.5 Å². The first-order valence-corrected chi connectivity index (χ1v) is 13.5. The minimum atomic E-state index is -3.80. The van der Waals surface area contributed by atoms with Crippen molar-refractivity contribution in [1.29, 1.82) is 0 Å². The van der Waals surface area contributed by atoms with Crippen LogP contribution in [0, 0.1) is 0 Å². The van der Waals surface area contributed by atoms with E-state index in [1.807, 2.05) is 18.2 Å². The molecule has 5 rings (SSSR count). The molecule has 2 aromatic carbocycles. The molecule has 4 N–H and O–H groups in total. The summed E-state index contributed by atoms with van der Waals surface area (Å²) in [4.78, 5) is 0. The molecule has 0 radical (unpaired) electrons. The van der Waals surface area contributed by atoms with E-state index in [4.69, 9.17) is 4.74 Å². The van der Waals surface area contributed by atoms with Crippen LogP contribution in [-0.4, -0.2) is 60.3 Å². The van der Waals surface area contributed by atoms with Gasteiger partial charge in [0.25, 0.3) is 0 Å². The molecule has 2 aliphatic heterocycles. The average molecular weight is 474 g/mol. The minimum absolute atomic E-state index is 0.512. The molecule has 8 heteroatoms. The van der Waals surface area contributed by atoms with Gasteiger partial charge in [0.2, 0.25) is 0 Å². The van der Waals surface area contributed by atoms with Crippen molar-refractivity contribution in [2.24, 2.45) is 0 Å². The third-order valence-corrected chi connectivity index (χ3v) is 8.25. The van der Waals surface area contributed by atoms with Gasteiger partial charge >= 0.3 is 0 Å². The number of rotatable bonds is 5. The molecule has 0 aromatic heterocycles. The van der Waals surface area contributed by atoms with Crippen LogP contribution in [0.15, 0.2) is 36.4 Å². The third-order valence-electron chi connectivity index (χ3n) is 7.01. The highest BCUT2D eigenvalue weighted by molar-refractivity contribution is 7.91. The first-order chi connectivity index (χ1) is 15.7. The maximum atomic E-state index is 12.1. The minimum Gasteiger partial charge on any atom is -0.387 e. The van der Waals surface area contributed by atoms with Crippen LogP contribution in [0.1, 0.15) is 59.1 Å². The van der Waals surface area contributed by atoms with Crippen LogP contribution in [0.4, 0.5) is 5.69 Å². The molecule has 0 amide bonds. The van der Waals surface area contributed by atoms with Crippen molar-refractivity contribution in [2.75, 3.05) is 18.1 Å². The van der Waals surface area contributed by atoms with E-state index in [-0.39, 0.29) is 0 Å². The van der Waals surface area contributed by atoms with Gasteiger partial charge in [-0.3, -0.25) is 0 Å². The lowest BCUT2D eigenvalue weighted by molar-refractivity contribution is -0.202. The average Bonchev–Trinajstić information content (AvgIpc) is 3.62. The van der Waals surface area contributed by atoms with Crippen LogP contribution in [0.3, 0.4) is 0 Å². The van der Waals surface area contributed by atoms with E-state index < -0.39 is 39.7 Å². The van der Waals surface area contributed by atoms with E-state index in [1.165, 1.54) is 22.4 Å². The van der Waals surface area contributed by atoms with Gasteiger partial charge in [-0.25, -0.2) is 8.42 Å². The van der Waals surface area contributed by atoms with Crippen molar-refractivity contribution >= 4 is 15.5 Å². The van der Waals surface area contributed by atoms with Crippen LogP contribution in [0.25, 0.3) is 0 Å². The fraction of sp³-hybridized carbons (Fsp3) is 0.520. The summed E-state index contributed by atoms with van der Waals surface area (Å²) in [7, 11) is -3.80. The summed E-state index contributed by atoms with van der Waals surface area (Å²) in [6.07, 6.45) is 0.333. The normalized spacial score (nSPS) is 29.9. The smallest absolute Gasteiger partial charge is 0.187 e. The predicted octanol–water partition coefficient (Wildman–Crippen LogP) is 2.04. The number of aliphatic hydroxyl groups excluding tert-OH is 3. The molecule has 7 nitrogen and oxygen atoms in total. The Labute approximate surface area is 194 Å². The van der Waals surface area contributed by atoms with E-state index in [1.54, 1.807) is 0 Å². The molecule has 0 spiro atoms. The highest BCUT2D eigenvalue weighted by Crippen LogP contribution is 2.44. The van der Waals surface area contributed by atoms with Gasteiger partial charge in [-0.05, 0) is 71.9 Å². The molecule has 2 aromatic rings. The molecule has 0 unspecified atom stereocenters. The van der Waals surface area contributed by atoms with Crippen molar-refractivity contribution < 1.29 is 28.5 Å². The molecule has 3 aliphatic rings. The second-order valence-corrected chi connectivity index (χ2v) is 11.8. The molecule has 1 aliphatic carbocycles. The maximum Gasteiger partial charge on any atom is 0.187 e. The SMILES string of the molecule is CS(=O)(=O)[C@H]1O[C@@H](c2ccc(C3CC3)c(Cc3ccc4c(c3)NCCC4)c2)[C@H](O)[C@@H](O)[C@@H]1O. The van der Waals surface area contributed by atoms with Gasteiger partial charge in [0.05, 0.1) is 0 Å². The Morgan fingerprint density at radius 3 is 2.55 bits per heavy atom. The van der Waals surface area contributed by atoms with E-state index in [0.29, 0.717) is 17.9 Å². The summed E-state index contributed by atoms with van der Waals surface area (Å²) in [5.74, 6) is 0.512. The number of anilines is 1. The lowest BCUT2D eigenvalue weighted by atomic mass is 9.89. The number of ether oxygens (including phenoxy) is 1. The second-order valence-electron chi connectivity index (χ2n) is 9.66. The van der Waals surface area contributed by atoms with E-state index >= 15 is 0 Å². The molecule has 1 saturated heterocycles. The highest BCUT2D eigenvalue weighted by atomic mass is 32.2. The van der Waals surface area contributed by atoms with Crippen molar-refractivity contribution in [1.82, 2.24) is 0 Å². The van der Waals surface area contributed by atoms with Gasteiger partial charge < -0.3 is 25.4 Å². The topological polar surface area (TPSA) is 116 Å². The van der Waals surface area contributed by atoms with E-state index in [9.17, 15) is 23.7 Å². The number of sulfone groups is 1. The third kappa shape index (κ3) is 4.55. The quantitative estimate of drug-likeness (QED) is 0.525. The van der Waals surface area contributed by atoms with Crippen LogP contribution < -0.4 is 5.32 Å². The summed E-state index contributed by atoms with van der Waals surface area (Å²) in [5, 5.41) is 34.6. The Kier molecular flexibility index (Phi) is 5.99. The summed E-state index contributed by atoms with van der Waals surface area (Å²) in [6, 6.07) is 12.4. The lowest BCUT2D eigenvalue weighted by Crippen LogP contribution is -2.56. The molecule has 0 bridgehead atoms. The second kappa shape index (κ2) is 8.67. The van der Waals surface area contributed by atoms with Crippen molar-refractivity contribution in [3.05, 3.63) is 64.2 Å². The van der Waals surface area contributed by atoms with Crippen molar-refractivity contribution in [2.45, 2.75) is 67.9 Å². The molecule has 2 fully saturated rings. The molecule has 1 saturated carbocycles. The predicted molar refractivity (Wildman–Crippen MR) is 125 cm³/mol. The zero-order valence-electron chi connectivity index (χ0n) is 18.6. The summed E-state index contributed by atoms with van der Waals surface area (Å²) < 4.78 is 29.9. The molecule has 178 valence electrons. The van der Waals surface area contributed by atoms with Gasteiger partial charge in [-0.15, -0.1) is 0 Å². The number of fused-ring (bicyclic) bond motifs is 1. The molecular weight excluding hydrogens is 442 g/mol. The Balaban J connectivity index is 1.48. The zero-order valence-corrected chi connectivity index (χ0v) is 19.5. The summed E-state index contributed by atoms with van der Waals surface area (Å²) in [5.41, 5.74) is 5.06. The lowest BCUT2D eigenvalue weighted by Gasteiger charge is -2.40. The van der Waals surface area contributed by atoms with E-state index in [0.717, 1.165) is 44.0 Å². The maximum absolute atomic E-state index is 12.1. The van der Waals surface area contributed by atoms with Gasteiger partial charge in [-0.1, -0.05) is 30.3 Å². The highest BCUT2D eigenvalue weighted by Gasteiger charge is 2.48. The van der Waals surface area contributed by atoms with E-state index in [2.05, 4.69) is 23.5 Å². The van der Waals surface area contributed by atoms with Crippen LogP contribution in [-0.2, 0) is 27.4 Å². The zero-order chi connectivity index (χ0) is 23.3. The van der Waals surface area contributed by atoms with Crippen LogP contribution >= 0.6 is 0 Å². The number of hydrogen-bond acceptors (Lipinski definition) is 7. The van der Waals surface area contributed by atoms with Crippen molar-refractivity contribution in [3.8, 4) is 0 Å². The number of hydrogen-bond donors (Lipinski definition) is 4. The molecular formula is C25H31NO6S. The Hall–Kier alpha value is -1.97. The number of aryl methyl sites for hydroxylation is 1. The fourth-order valence-corrected chi connectivity index (χ4v) is 6.05. The molecule has 33 heavy (non-hydrogen) atoms. The molecule has 2 heterocycles. The van der Waals surface area contributed by atoms with Crippen molar-refractivity contribution in [3.63, 3.8) is 0 Å². The van der Waals surface area contributed by atoms with Crippen LogP contribution in [0.5, 0.6) is 0 Å².